The first-order valence-corrected chi connectivity index (χ1v) is 10.2. The maximum absolute atomic E-state index is 13.0. The smallest absolute Gasteiger partial charge is 0.239 e. The number of carbonyl (C=O) groups excluding carboxylic acids is 1. The van der Waals surface area contributed by atoms with Gasteiger partial charge in [-0.05, 0) is 40.8 Å². The second kappa shape index (κ2) is 11.2. The van der Waals surface area contributed by atoms with Crippen LogP contribution in [0.1, 0.15) is 11.1 Å². The zero-order valence-electron chi connectivity index (χ0n) is 17.6. The van der Waals surface area contributed by atoms with Crippen LogP contribution in [-0.2, 0) is 22.5 Å². The second-order valence-electron chi connectivity index (χ2n) is 7.31. The van der Waals surface area contributed by atoms with E-state index in [1.165, 1.54) is 0 Å². The Morgan fingerprint density at radius 3 is 2.30 bits per heavy atom. The normalized spacial score (nSPS) is 11.8. The summed E-state index contributed by atoms with van der Waals surface area (Å²) in [4.78, 5) is 18.8. The van der Waals surface area contributed by atoms with Gasteiger partial charge in [-0.2, -0.15) is 0 Å². The molecule has 5 heteroatoms. The van der Waals surface area contributed by atoms with Crippen LogP contribution < -0.4 is 5.32 Å². The highest BCUT2D eigenvalue weighted by atomic mass is 16.5. The lowest BCUT2D eigenvalue weighted by Gasteiger charge is -2.25. The van der Waals surface area contributed by atoms with Crippen molar-refractivity contribution in [2.45, 2.75) is 19.0 Å². The molecule has 0 bridgehead atoms. The Balaban J connectivity index is 1.67. The number of benzene rings is 2. The number of likely N-dealkylation sites (N-methyl/N-ethyl adjacent to an activating group) is 1. The van der Waals surface area contributed by atoms with Crippen molar-refractivity contribution in [3.8, 4) is 11.1 Å². The Bertz CT molecular complexity index is 899. The topological polar surface area (TPSA) is 54.5 Å². The number of carbonyl (C=O) groups is 1. The summed E-state index contributed by atoms with van der Waals surface area (Å²) >= 11 is 0. The van der Waals surface area contributed by atoms with Gasteiger partial charge in [0, 0.05) is 39.6 Å². The molecule has 1 atom stereocenters. The minimum absolute atomic E-state index is 0.0734. The van der Waals surface area contributed by atoms with Crippen LogP contribution >= 0.6 is 0 Å². The van der Waals surface area contributed by atoms with Gasteiger partial charge in [-0.1, -0.05) is 54.6 Å². The molecule has 2 aromatic carbocycles. The van der Waals surface area contributed by atoms with Crippen molar-refractivity contribution in [3.63, 3.8) is 0 Å². The van der Waals surface area contributed by atoms with E-state index < -0.39 is 0 Å². The third kappa shape index (κ3) is 6.24. The van der Waals surface area contributed by atoms with E-state index in [0.717, 1.165) is 22.3 Å². The van der Waals surface area contributed by atoms with Crippen LogP contribution in [0.15, 0.2) is 79.1 Å². The number of pyridine rings is 1. The molecule has 0 radical (unpaired) electrons. The molecule has 0 spiro atoms. The van der Waals surface area contributed by atoms with Gasteiger partial charge < -0.3 is 15.0 Å². The Labute approximate surface area is 178 Å². The maximum atomic E-state index is 13.0. The molecule has 156 valence electrons. The van der Waals surface area contributed by atoms with E-state index in [0.29, 0.717) is 26.1 Å². The fourth-order valence-electron chi connectivity index (χ4n) is 3.30. The largest absolute Gasteiger partial charge is 0.383 e. The summed E-state index contributed by atoms with van der Waals surface area (Å²) in [6.45, 7) is 1.72. The van der Waals surface area contributed by atoms with Crippen molar-refractivity contribution in [2.75, 3.05) is 27.3 Å². The summed E-state index contributed by atoms with van der Waals surface area (Å²) < 4.78 is 5.12. The van der Waals surface area contributed by atoms with Gasteiger partial charge >= 0.3 is 0 Å². The first-order chi connectivity index (χ1) is 14.7. The van der Waals surface area contributed by atoms with Crippen LogP contribution in [-0.4, -0.2) is 49.1 Å². The predicted molar refractivity (Wildman–Crippen MR) is 120 cm³/mol. The van der Waals surface area contributed by atoms with E-state index in [4.69, 9.17) is 4.74 Å². The molecule has 1 heterocycles. The predicted octanol–water partition coefficient (Wildman–Crippen LogP) is 3.55. The Morgan fingerprint density at radius 1 is 0.967 bits per heavy atom. The van der Waals surface area contributed by atoms with Gasteiger partial charge in [0.15, 0.2) is 0 Å². The zero-order chi connectivity index (χ0) is 21.2. The number of ether oxygens (including phenoxy) is 1. The standard InChI is InChI=1S/C25H29N3O2/c1-28(16-17-30-2)25(29)24(18-20-6-4-3-5-7-20)27-19-21-8-10-22(11-9-21)23-12-14-26-15-13-23/h3-15,24,27H,16-19H2,1-2H3/t24-/m0/s1. The molecule has 1 N–H and O–H groups in total. The molecule has 0 saturated heterocycles. The van der Waals surface area contributed by atoms with E-state index in [9.17, 15) is 4.79 Å². The van der Waals surface area contributed by atoms with Crippen molar-refractivity contribution in [3.05, 3.63) is 90.3 Å². The van der Waals surface area contributed by atoms with Gasteiger partial charge in [0.1, 0.15) is 0 Å². The van der Waals surface area contributed by atoms with Crippen LogP contribution in [0.25, 0.3) is 11.1 Å². The highest BCUT2D eigenvalue weighted by Crippen LogP contribution is 2.18. The third-order valence-electron chi connectivity index (χ3n) is 5.11. The Hall–Kier alpha value is -3.02. The summed E-state index contributed by atoms with van der Waals surface area (Å²) in [7, 11) is 3.47. The molecule has 0 aliphatic heterocycles. The summed E-state index contributed by atoms with van der Waals surface area (Å²) in [6, 6.07) is 22.2. The van der Waals surface area contributed by atoms with Crippen LogP contribution in [0.4, 0.5) is 0 Å². The van der Waals surface area contributed by atoms with Crippen LogP contribution in [0, 0.1) is 0 Å². The molecule has 5 nitrogen and oxygen atoms in total. The van der Waals surface area contributed by atoms with E-state index in [2.05, 4.69) is 46.7 Å². The van der Waals surface area contributed by atoms with E-state index in [-0.39, 0.29) is 11.9 Å². The molecule has 1 aromatic heterocycles. The average Bonchev–Trinajstić information content (AvgIpc) is 2.81. The van der Waals surface area contributed by atoms with Gasteiger partial charge in [-0.3, -0.25) is 9.78 Å². The second-order valence-corrected chi connectivity index (χ2v) is 7.31. The van der Waals surface area contributed by atoms with E-state index >= 15 is 0 Å². The SMILES string of the molecule is COCCN(C)C(=O)[C@H](Cc1ccccc1)NCc1ccc(-c2ccncc2)cc1. The quantitative estimate of drug-likeness (QED) is 0.562. The van der Waals surface area contributed by atoms with Crippen LogP contribution in [0.3, 0.4) is 0 Å². The molecule has 0 unspecified atom stereocenters. The minimum Gasteiger partial charge on any atom is -0.383 e. The molecule has 0 saturated carbocycles. The lowest BCUT2D eigenvalue weighted by molar-refractivity contribution is -0.132. The van der Waals surface area contributed by atoms with E-state index in [1.807, 2.05) is 37.4 Å². The Kier molecular flexibility index (Phi) is 8.12. The number of nitrogens with zero attached hydrogens (tertiary/aromatic N) is 2. The molecular weight excluding hydrogens is 374 g/mol. The average molecular weight is 404 g/mol. The molecule has 1 amide bonds. The van der Waals surface area contributed by atoms with Crippen LogP contribution in [0.5, 0.6) is 0 Å². The van der Waals surface area contributed by atoms with Gasteiger partial charge in [0.05, 0.1) is 12.6 Å². The number of hydrogen-bond donors (Lipinski definition) is 1. The van der Waals surface area contributed by atoms with Crippen molar-refractivity contribution < 1.29 is 9.53 Å². The summed E-state index contributed by atoms with van der Waals surface area (Å²) in [5.74, 6) is 0.0734. The molecule has 3 aromatic rings. The highest BCUT2D eigenvalue weighted by molar-refractivity contribution is 5.82. The number of nitrogens with one attached hydrogen (secondary N) is 1. The number of methoxy groups -OCH3 is 1. The molecular formula is C25H29N3O2. The fraction of sp³-hybridized carbons (Fsp3) is 0.280. The minimum atomic E-state index is -0.297. The maximum Gasteiger partial charge on any atom is 0.239 e. The molecule has 0 aliphatic rings. The third-order valence-corrected chi connectivity index (χ3v) is 5.11. The first-order valence-electron chi connectivity index (χ1n) is 10.2. The zero-order valence-corrected chi connectivity index (χ0v) is 17.6. The summed E-state index contributed by atoms with van der Waals surface area (Å²) in [6.07, 6.45) is 4.24. The van der Waals surface area contributed by atoms with Gasteiger partial charge in [-0.25, -0.2) is 0 Å². The van der Waals surface area contributed by atoms with Crippen molar-refractivity contribution in [2.24, 2.45) is 0 Å². The molecule has 0 fully saturated rings. The van der Waals surface area contributed by atoms with E-state index in [1.54, 1.807) is 24.4 Å². The summed E-state index contributed by atoms with van der Waals surface area (Å²) in [5, 5.41) is 3.46. The molecule has 30 heavy (non-hydrogen) atoms. The number of amides is 1. The van der Waals surface area contributed by atoms with Crippen molar-refractivity contribution >= 4 is 5.91 Å². The highest BCUT2D eigenvalue weighted by Gasteiger charge is 2.22. The van der Waals surface area contributed by atoms with Crippen LogP contribution in [0.2, 0.25) is 0 Å². The lowest BCUT2D eigenvalue weighted by Crippen LogP contribution is -2.46. The number of hydrogen-bond acceptors (Lipinski definition) is 4. The van der Waals surface area contributed by atoms with Gasteiger partial charge in [0.25, 0.3) is 0 Å². The lowest BCUT2D eigenvalue weighted by atomic mass is 10.0. The van der Waals surface area contributed by atoms with Gasteiger partial charge in [-0.15, -0.1) is 0 Å². The number of aromatic nitrogens is 1. The molecule has 0 aliphatic carbocycles. The first kappa shape index (κ1) is 21.7. The monoisotopic (exact) mass is 403 g/mol. The number of rotatable bonds is 10. The fourth-order valence-corrected chi connectivity index (χ4v) is 3.30. The van der Waals surface area contributed by atoms with Crippen molar-refractivity contribution in [1.29, 1.82) is 0 Å². The Morgan fingerprint density at radius 2 is 1.63 bits per heavy atom. The van der Waals surface area contributed by atoms with Crippen molar-refractivity contribution in [1.82, 2.24) is 15.2 Å². The molecule has 3 rings (SSSR count). The summed E-state index contributed by atoms with van der Waals surface area (Å²) in [5.41, 5.74) is 4.56. The van der Waals surface area contributed by atoms with Gasteiger partial charge in [0.2, 0.25) is 5.91 Å².